The third-order valence-corrected chi connectivity index (χ3v) is 6.57. The van der Waals surface area contributed by atoms with E-state index in [0.29, 0.717) is 12.0 Å². The van der Waals surface area contributed by atoms with Gasteiger partial charge in [-0.05, 0) is 44.2 Å². The lowest BCUT2D eigenvalue weighted by molar-refractivity contribution is -0.000920. The summed E-state index contributed by atoms with van der Waals surface area (Å²) in [6, 6.07) is 4.68. The third kappa shape index (κ3) is 3.95. The van der Waals surface area contributed by atoms with Crippen LogP contribution in [0.3, 0.4) is 0 Å². The van der Waals surface area contributed by atoms with Crippen LogP contribution < -0.4 is 0 Å². The number of hydrogen-bond donors (Lipinski definition) is 0. The van der Waals surface area contributed by atoms with Crippen molar-refractivity contribution in [3.05, 3.63) is 21.9 Å². The van der Waals surface area contributed by atoms with E-state index in [0.717, 1.165) is 63.5 Å². The van der Waals surface area contributed by atoms with Crippen LogP contribution in [0.4, 0.5) is 0 Å². The highest BCUT2D eigenvalue weighted by Crippen LogP contribution is 2.27. The SMILES string of the molecule is CCc1ccc(C(=O)N2CCC(C(C)N3CCOCC3)CC2)s1. The lowest BCUT2D eigenvalue weighted by Crippen LogP contribution is -2.49. The molecule has 2 saturated heterocycles. The van der Waals surface area contributed by atoms with Crippen LogP contribution in [0, 0.1) is 5.92 Å². The van der Waals surface area contributed by atoms with E-state index in [2.05, 4.69) is 24.8 Å². The zero-order valence-corrected chi connectivity index (χ0v) is 15.1. The normalized spacial score (nSPS) is 22.3. The molecule has 0 N–H and O–H groups in total. The summed E-state index contributed by atoms with van der Waals surface area (Å²) < 4.78 is 5.45. The van der Waals surface area contributed by atoms with Crippen molar-refractivity contribution in [2.45, 2.75) is 39.2 Å². The van der Waals surface area contributed by atoms with Crippen molar-refractivity contribution in [3.63, 3.8) is 0 Å². The molecular formula is C18H28N2O2S. The van der Waals surface area contributed by atoms with Crippen LogP contribution in [0.15, 0.2) is 12.1 Å². The van der Waals surface area contributed by atoms with E-state index < -0.39 is 0 Å². The second-order valence-corrected chi connectivity index (χ2v) is 7.81. The molecular weight excluding hydrogens is 308 g/mol. The van der Waals surface area contributed by atoms with Crippen LogP contribution in [0.5, 0.6) is 0 Å². The second-order valence-electron chi connectivity index (χ2n) is 6.64. The molecule has 2 aliphatic rings. The van der Waals surface area contributed by atoms with E-state index >= 15 is 0 Å². The van der Waals surface area contributed by atoms with Gasteiger partial charge in [0.1, 0.15) is 0 Å². The first-order valence-electron chi connectivity index (χ1n) is 8.88. The fraction of sp³-hybridized carbons (Fsp3) is 0.722. The van der Waals surface area contributed by atoms with Gasteiger partial charge in [0, 0.05) is 37.1 Å². The van der Waals surface area contributed by atoms with Crippen molar-refractivity contribution >= 4 is 17.2 Å². The van der Waals surface area contributed by atoms with Gasteiger partial charge in [-0.1, -0.05) is 6.92 Å². The maximum Gasteiger partial charge on any atom is 0.263 e. The molecule has 0 saturated carbocycles. The minimum atomic E-state index is 0.229. The lowest BCUT2D eigenvalue weighted by Gasteiger charge is -2.40. The van der Waals surface area contributed by atoms with Gasteiger partial charge in [-0.25, -0.2) is 0 Å². The molecule has 0 spiro atoms. The molecule has 1 amide bonds. The van der Waals surface area contributed by atoms with Crippen LogP contribution in [0.1, 0.15) is 41.2 Å². The fourth-order valence-electron chi connectivity index (χ4n) is 3.71. The number of carbonyl (C=O) groups is 1. The smallest absolute Gasteiger partial charge is 0.263 e. The molecule has 0 aliphatic carbocycles. The highest BCUT2D eigenvalue weighted by atomic mass is 32.1. The quantitative estimate of drug-likeness (QED) is 0.847. The minimum Gasteiger partial charge on any atom is -0.379 e. The highest BCUT2D eigenvalue weighted by molar-refractivity contribution is 7.14. The van der Waals surface area contributed by atoms with E-state index in [1.54, 1.807) is 11.3 Å². The molecule has 0 bridgehead atoms. The first kappa shape index (κ1) is 16.9. The molecule has 1 atom stereocenters. The van der Waals surface area contributed by atoms with Crippen LogP contribution in [0.2, 0.25) is 0 Å². The number of piperidine rings is 1. The van der Waals surface area contributed by atoms with Gasteiger partial charge < -0.3 is 9.64 Å². The molecule has 1 aromatic heterocycles. The number of ether oxygens (including phenoxy) is 1. The van der Waals surface area contributed by atoms with Gasteiger partial charge in [-0.2, -0.15) is 0 Å². The minimum absolute atomic E-state index is 0.229. The Morgan fingerprint density at radius 3 is 2.57 bits per heavy atom. The molecule has 5 heteroatoms. The predicted molar refractivity (Wildman–Crippen MR) is 94.2 cm³/mol. The Labute approximate surface area is 143 Å². The molecule has 1 unspecified atom stereocenters. The number of carbonyl (C=O) groups excluding carboxylic acids is 1. The Bertz CT molecular complexity index is 517. The average Bonchev–Trinajstić information content (AvgIpc) is 3.10. The van der Waals surface area contributed by atoms with Crippen molar-refractivity contribution in [3.8, 4) is 0 Å². The van der Waals surface area contributed by atoms with Gasteiger partial charge >= 0.3 is 0 Å². The summed E-state index contributed by atoms with van der Waals surface area (Å²) in [6.07, 6.45) is 3.25. The van der Waals surface area contributed by atoms with Crippen molar-refractivity contribution in [2.24, 2.45) is 5.92 Å². The van der Waals surface area contributed by atoms with E-state index in [1.165, 1.54) is 4.88 Å². The summed E-state index contributed by atoms with van der Waals surface area (Å²) in [6.45, 7) is 10.1. The summed E-state index contributed by atoms with van der Waals surface area (Å²) in [5.41, 5.74) is 0. The molecule has 3 rings (SSSR count). The third-order valence-electron chi connectivity index (χ3n) is 5.35. The van der Waals surface area contributed by atoms with Gasteiger partial charge in [0.2, 0.25) is 0 Å². The van der Waals surface area contributed by atoms with E-state index in [1.807, 2.05) is 11.0 Å². The zero-order chi connectivity index (χ0) is 16.2. The van der Waals surface area contributed by atoms with Crippen molar-refractivity contribution in [1.82, 2.24) is 9.80 Å². The van der Waals surface area contributed by atoms with Gasteiger partial charge in [-0.3, -0.25) is 9.69 Å². The number of morpholine rings is 1. The predicted octanol–water partition coefficient (Wildman–Crippen LogP) is 2.88. The Kier molecular flexibility index (Phi) is 5.72. The Morgan fingerprint density at radius 1 is 1.26 bits per heavy atom. The van der Waals surface area contributed by atoms with Gasteiger partial charge in [0.15, 0.2) is 0 Å². The number of likely N-dealkylation sites (tertiary alicyclic amines) is 1. The number of nitrogens with zero attached hydrogens (tertiary/aromatic N) is 2. The molecule has 23 heavy (non-hydrogen) atoms. The summed E-state index contributed by atoms with van der Waals surface area (Å²) in [4.78, 5) is 19.4. The number of rotatable bonds is 4. The fourth-order valence-corrected chi connectivity index (χ4v) is 4.62. The Balaban J connectivity index is 1.52. The largest absolute Gasteiger partial charge is 0.379 e. The van der Waals surface area contributed by atoms with E-state index in [4.69, 9.17) is 4.74 Å². The van der Waals surface area contributed by atoms with E-state index in [-0.39, 0.29) is 5.91 Å². The van der Waals surface area contributed by atoms with Crippen LogP contribution in [-0.2, 0) is 11.2 Å². The zero-order valence-electron chi connectivity index (χ0n) is 14.3. The monoisotopic (exact) mass is 336 g/mol. The standard InChI is InChI=1S/C18H28N2O2S/c1-3-16-4-5-17(23-16)18(21)20-8-6-15(7-9-20)14(2)19-10-12-22-13-11-19/h4-5,14-15H,3,6-13H2,1-2H3. The first-order chi connectivity index (χ1) is 11.2. The Hall–Kier alpha value is -0.910. The van der Waals surface area contributed by atoms with Crippen LogP contribution in [0.25, 0.3) is 0 Å². The molecule has 1 aromatic rings. The van der Waals surface area contributed by atoms with Crippen molar-refractivity contribution < 1.29 is 9.53 Å². The van der Waals surface area contributed by atoms with Gasteiger partial charge in [-0.15, -0.1) is 11.3 Å². The topological polar surface area (TPSA) is 32.8 Å². The number of thiophene rings is 1. The van der Waals surface area contributed by atoms with E-state index in [9.17, 15) is 4.79 Å². The maximum absolute atomic E-state index is 12.6. The molecule has 4 nitrogen and oxygen atoms in total. The van der Waals surface area contributed by atoms with Gasteiger partial charge in [0.25, 0.3) is 5.91 Å². The number of amides is 1. The summed E-state index contributed by atoms with van der Waals surface area (Å²) in [7, 11) is 0. The molecule has 2 aliphatic heterocycles. The highest BCUT2D eigenvalue weighted by Gasteiger charge is 2.30. The van der Waals surface area contributed by atoms with Crippen molar-refractivity contribution in [1.29, 1.82) is 0 Å². The molecule has 2 fully saturated rings. The molecule has 128 valence electrons. The maximum atomic E-state index is 12.6. The first-order valence-corrected chi connectivity index (χ1v) is 9.70. The number of hydrogen-bond acceptors (Lipinski definition) is 4. The Morgan fingerprint density at radius 2 is 1.96 bits per heavy atom. The van der Waals surface area contributed by atoms with Crippen LogP contribution in [-0.4, -0.2) is 61.1 Å². The molecule has 0 aromatic carbocycles. The lowest BCUT2D eigenvalue weighted by atomic mass is 9.89. The second kappa shape index (κ2) is 7.77. The van der Waals surface area contributed by atoms with Crippen LogP contribution >= 0.6 is 11.3 Å². The average molecular weight is 337 g/mol. The number of aryl methyl sites for hydroxylation is 1. The van der Waals surface area contributed by atoms with Gasteiger partial charge in [0.05, 0.1) is 18.1 Å². The summed E-state index contributed by atoms with van der Waals surface area (Å²) in [5, 5.41) is 0. The molecule has 3 heterocycles. The van der Waals surface area contributed by atoms with Crippen molar-refractivity contribution in [2.75, 3.05) is 39.4 Å². The summed E-state index contributed by atoms with van der Waals surface area (Å²) >= 11 is 1.65. The summed E-state index contributed by atoms with van der Waals surface area (Å²) in [5.74, 6) is 0.930. The molecule has 0 radical (unpaired) electrons.